The van der Waals surface area contributed by atoms with Gasteiger partial charge in [-0.2, -0.15) is 0 Å². The minimum atomic E-state index is -0.630. The number of fused-ring (bicyclic) bond motifs is 5. The zero-order chi connectivity index (χ0) is 85.1. The monoisotopic (exact) mass is 1640 g/mol. The number of hydrogen-bond donors (Lipinski definition) is 1. The van der Waals surface area contributed by atoms with Gasteiger partial charge in [-0.05, 0) is 273 Å². The smallest absolute Gasteiger partial charge is 0.304 e. The molecule has 0 aromatic rings. The summed E-state index contributed by atoms with van der Waals surface area (Å²) in [6.07, 6.45) is 45.4. The van der Waals surface area contributed by atoms with E-state index in [9.17, 15) is 29.1 Å². The van der Waals surface area contributed by atoms with Crippen LogP contribution >= 0.6 is 0 Å². The summed E-state index contributed by atoms with van der Waals surface area (Å²) in [5.74, 6) is 2.35. The molecule has 15 rings (SSSR count). The maximum Gasteiger partial charge on any atom is 0.304 e. The summed E-state index contributed by atoms with van der Waals surface area (Å²) < 4.78 is 56.7. The van der Waals surface area contributed by atoms with E-state index in [1.54, 1.807) is 22.3 Å². The lowest BCUT2D eigenvalue weighted by molar-refractivity contribution is -0.182. The molecule has 5 aliphatic heterocycles. The van der Waals surface area contributed by atoms with Gasteiger partial charge in [0.2, 0.25) is 31.5 Å². The highest BCUT2D eigenvalue weighted by atomic mass is 16.7. The van der Waals surface area contributed by atoms with E-state index >= 15 is 0 Å². The van der Waals surface area contributed by atoms with Crippen molar-refractivity contribution in [2.75, 3.05) is 0 Å². The molecule has 15 aliphatic rings. The van der Waals surface area contributed by atoms with Gasteiger partial charge in [-0.25, -0.2) is 0 Å². The van der Waals surface area contributed by atoms with Crippen LogP contribution in [-0.4, -0.2) is 103 Å². The topological polar surface area (TPSA) is 198 Å². The third-order valence-corrected chi connectivity index (χ3v) is 32.8. The first-order valence-corrected chi connectivity index (χ1v) is 46.5. The second-order valence-electron chi connectivity index (χ2n) is 45.9. The first-order valence-electron chi connectivity index (χ1n) is 46.5. The van der Waals surface area contributed by atoms with Gasteiger partial charge in [0.05, 0.1) is 36.1 Å². The van der Waals surface area contributed by atoms with E-state index in [-0.39, 0.29) is 110 Å². The van der Waals surface area contributed by atoms with Crippen LogP contribution in [0.1, 0.15) is 380 Å². The summed E-state index contributed by atoms with van der Waals surface area (Å²) in [5, 5.41) is 11.7. The van der Waals surface area contributed by atoms with Crippen LogP contribution in [0.5, 0.6) is 0 Å². The highest BCUT2D eigenvalue weighted by Gasteiger charge is 2.60. The Morgan fingerprint density at radius 2 is 0.615 bits per heavy atom. The van der Waals surface area contributed by atoms with Crippen molar-refractivity contribution in [3.8, 4) is 0 Å². The third-order valence-electron chi connectivity index (χ3n) is 32.8. The normalized spacial score (nSPS) is 43.4. The van der Waals surface area contributed by atoms with Crippen LogP contribution in [0.4, 0.5) is 0 Å². The number of aliphatic hydroxyl groups is 1. The standard InChI is InChI=1S/C20H34O4.4C20H32O3.CH4/c1-13-16-11-20(22,19(5)9-6-8-18(3,4)12-19)10-7-15(16)17(23-13)24-14(2)21;4*1-13-17-11-15(20(5)10-6-9-19(3,4)12-20)7-8-16(17)18(22-13)23-14(2)21;/h13,15-17,22H,6-12H2,1-5H3;2*11,13,16-18H,6-10,12H2,1-5H3;2*7,13,16-18H,6,8-12H2,1-5H3;1H4/t13-,15-,16-,17+,19?,20-;13-,16-,17-,18+,20+;13-,16-,17-,18+,20-;13-,16-,17-,18+,20+;13-,16-,17-,18+,20-;/m11111./s1. The fraction of sp³-hybridized carbons (Fsp3) is 0.871. The van der Waals surface area contributed by atoms with Crippen LogP contribution in [0.25, 0.3) is 0 Å². The maximum absolute atomic E-state index is 11.7. The SMILES string of the molecule is C.CC(=O)O[C@@H]1O[C@H](C)[C@H]2C=C([C@@]3(C)CCCC(C)(C)C3)CC[C@@H]12.CC(=O)O[C@@H]1O[C@H](C)[C@H]2C=C([C@]3(C)CCCC(C)(C)C3)CC[C@@H]12.CC(=O)O[C@@H]1O[C@H](C)[C@H]2CC([C@@]3(C)CCCC(C)(C)C3)=CC[C@@H]12.CC(=O)O[C@@H]1O[C@H](C)[C@H]2CC([C@]3(C)CCCC(C)(C)C3)=CC[C@@H]12.CC(=O)O[C@@H]1O[C@H](C)[C@H]2C[C@@](O)(C3(C)CCCC(C)(C)C3)CC[C@@H]12. The molecule has 117 heavy (non-hydrogen) atoms. The van der Waals surface area contributed by atoms with Gasteiger partial charge in [-0.3, -0.25) is 24.0 Å². The molecule has 0 amide bonds. The molecule has 1 unspecified atom stereocenters. The molecule has 11 fully saturated rings. The summed E-state index contributed by atoms with van der Waals surface area (Å²) in [7, 11) is 0. The fourth-order valence-corrected chi connectivity index (χ4v) is 27.6. The number of allylic oxidation sites excluding steroid dienone is 6. The molecule has 6 saturated carbocycles. The Morgan fingerprint density at radius 3 is 0.932 bits per heavy atom. The quantitative estimate of drug-likeness (QED) is 0.123. The van der Waals surface area contributed by atoms with E-state index in [2.05, 4.69) is 163 Å². The molecule has 1 N–H and O–H groups in total. The Bertz CT molecular complexity index is 3380. The van der Waals surface area contributed by atoms with E-state index < -0.39 is 11.9 Å². The molecule has 16 nitrogen and oxygen atoms in total. The molecule has 666 valence electrons. The van der Waals surface area contributed by atoms with E-state index in [0.717, 1.165) is 83.5 Å². The van der Waals surface area contributed by atoms with E-state index in [4.69, 9.17) is 47.4 Å². The van der Waals surface area contributed by atoms with Crippen molar-refractivity contribution in [3.05, 3.63) is 46.6 Å². The van der Waals surface area contributed by atoms with E-state index in [0.29, 0.717) is 96.1 Å². The summed E-state index contributed by atoms with van der Waals surface area (Å²) in [5.41, 5.74) is 9.31. The summed E-state index contributed by atoms with van der Waals surface area (Å²) in [6, 6.07) is 0. The van der Waals surface area contributed by atoms with E-state index in [1.165, 1.54) is 150 Å². The molecule has 0 aromatic heterocycles. The van der Waals surface area contributed by atoms with Crippen molar-refractivity contribution in [1.82, 2.24) is 0 Å². The molecule has 0 radical (unpaired) electrons. The molecular weight excluding hydrogens is 1470 g/mol. The van der Waals surface area contributed by atoms with Crippen LogP contribution in [0.2, 0.25) is 0 Å². The Kier molecular flexibility index (Phi) is 29.9. The van der Waals surface area contributed by atoms with Gasteiger partial charge in [0.25, 0.3) is 0 Å². The zero-order valence-corrected chi connectivity index (χ0v) is 77.3. The number of ether oxygens (including phenoxy) is 10. The molecule has 10 aliphatic carbocycles. The number of esters is 5. The van der Waals surface area contributed by atoms with Crippen LogP contribution in [0.3, 0.4) is 0 Å². The first kappa shape index (κ1) is 95.3. The number of carbonyl (C=O) groups is 5. The highest BCUT2D eigenvalue weighted by Crippen LogP contribution is 2.63. The zero-order valence-electron chi connectivity index (χ0n) is 77.3. The Hall–Kier alpha value is -3.93. The largest absolute Gasteiger partial charge is 0.436 e. The summed E-state index contributed by atoms with van der Waals surface area (Å²) >= 11 is 0. The minimum absolute atomic E-state index is 0. The average Bonchev–Trinajstić information content (AvgIpc) is 1.69. The van der Waals surface area contributed by atoms with Gasteiger partial charge in [-0.1, -0.05) is 190 Å². The number of carbonyl (C=O) groups excluding carboxylic acids is 5. The van der Waals surface area contributed by atoms with Crippen molar-refractivity contribution < 1.29 is 76.4 Å². The molecule has 5 saturated heterocycles. The second kappa shape index (κ2) is 36.7. The third kappa shape index (κ3) is 22.4. The number of hydrogen-bond acceptors (Lipinski definition) is 16. The molecule has 5 heterocycles. The van der Waals surface area contributed by atoms with Crippen LogP contribution in [-0.2, 0) is 71.3 Å². The maximum atomic E-state index is 11.7. The van der Waals surface area contributed by atoms with Gasteiger partial charge >= 0.3 is 29.8 Å². The van der Waals surface area contributed by atoms with Gasteiger partial charge in [0.15, 0.2) is 0 Å². The van der Waals surface area contributed by atoms with Crippen LogP contribution < -0.4 is 0 Å². The van der Waals surface area contributed by atoms with Crippen molar-refractivity contribution in [1.29, 1.82) is 0 Å². The van der Waals surface area contributed by atoms with Gasteiger partial charge in [-0.15, -0.1) is 0 Å². The minimum Gasteiger partial charge on any atom is -0.436 e. The second-order valence-corrected chi connectivity index (χ2v) is 45.9. The lowest BCUT2D eigenvalue weighted by atomic mass is 9.52. The van der Waals surface area contributed by atoms with Gasteiger partial charge in [0.1, 0.15) is 0 Å². The Morgan fingerprint density at radius 1 is 0.333 bits per heavy atom. The van der Waals surface area contributed by atoms with Crippen molar-refractivity contribution in [2.45, 2.75) is 447 Å². The summed E-state index contributed by atoms with van der Waals surface area (Å²) in [4.78, 5) is 56.5. The molecular formula is C101H166O16. The van der Waals surface area contributed by atoms with Crippen molar-refractivity contribution >= 4 is 29.8 Å². The molecule has 26 atom stereocenters. The first-order chi connectivity index (χ1) is 53.9. The van der Waals surface area contributed by atoms with Gasteiger partial charge < -0.3 is 52.5 Å². The lowest BCUT2D eigenvalue weighted by Crippen LogP contribution is -2.55. The molecule has 16 heteroatoms. The number of rotatable bonds is 10. The highest BCUT2D eigenvalue weighted by molar-refractivity contribution is 5.67. The predicted octanol–water partition coefficient (Wildman–Crippen LogP) is 24.1. The van der Waals surface area contributed by atoms with Crippen LogP contribution in [0.15, 0.2) is 46.6 Å². The lowest BCUT2D eigenvalue weighted by Gasteiger charge is -2.55. The average molecular weight is 1640 g/mol. The Balaban J connectivity index is 0.000000154. The predicted molar refractivity (Wildman–Crippen MR) is 462 cm³/mol. The van der Waals surface area contributed by atoms with E-state index in [1.807, 2.05) is 0 Å². The fourth-order valence-electron chi connectivity index (χ4n) is 27.6. The van der Waals surface area contributed by atoms with Crippen molar-refractivity contribution in [2.24, 2.45) is 113 Å². The molecule has 0 aromatic carbocycles. The van der Waals surface area contributed by atoms with Crippen molar-refractivity contribution in [3.63, 3.8) is 0 Å². The molecule has 0 spiro atoms. The summed E-state index contributed by atoms with van der Waals surface area (Å²) in [6.45, 7) is 54.0. The Labute approximate surface area is 709 Å². The molecule has 0 bridgehead atoms. The van der Waals surface area contributed by atoms with Crippen LogP contribution in [0, 0.1) is 113 Å². The van der Waals surface area contributed by atoms with Gasteiger partial charge in [0, 0.05) is 76.0 Å².